The highest BCUT2D eigenvalue weighted by atomic mass is 35.5. The summed E-state index contributed by atoms with van der Waals surface area (Å²) in [7, 11) is 0. The lowest BCUT2D eigenvalue weighted by atomic mass is 9.68. The topological polar surface area (TPSA) is 160 Å². The van der Waals surface area contributed by atoms with Gasteiger partial charge in [-0.25, -0.2) is 0 Å². The molecule has 0 radical (unpaired) electrons. The number of H-pyrrole nitrogens is 1. The van der Waals surface area contributed by atoms with Gasteiger partial charge in [0.15, 0.2) is 0 Å². The number of rotatable bonds is 7. The number of aromatic nitrogens is 1. The Bertz CT molecular complexity index is 1740. The number of aliphatic carboxylic acids is 1. The molecule has 14 heteroatoms. The second kappa shape index (κ2) is 9.96. The Hall–Kier alpha value is -3.68. The van der Waals surface area contributed by atoms with Crippen LogP contribution >= 0.6 is 34.7 Å². The number of aromatic amines is 1. The van der Waals surface area contributed by atoms with Gasteiger partial charge < -0.3 is 14.8 Å². The molecule has 2 aromatic carbocycles. The number of carbonyl (C=O) groups excluding carboxylic acids is 2. The number of thioether (sulfide) groups is 1. The first-order valence-corrected chi connectivity index (χ1v) is 15.3. The average molecular weight is 628 g/mol. The van der Waals surface area contributed by atoms with E-state index in [4.69, 9.17) is 16.3 Å². The van der Waals surface area contributed by atoms with Gasteiger partial charge in [0.1, 0.15) is 18.9 Å². The van der Waals surface area contributed by atoms with E-state index >= 15 is 0 Å². The van der Waals surface area contributed by atoms with Crippen molar-refractivity contribution in [3.05, 3.63) is 83.3 Å². The summed E-state index contributed by atoms with van der Waals surface area (Å²) in [4.78, 5) is 66.4. The van der Waals surface area contributed by atoms with E-state index < -0.39 is 47.0 Å². The molecule has 7 rings (SSSR count). The summed E-state index contributed by atoms with van der Waals surface area (Å²) in [6.07, 6.45) is 0.594. The number of ether oxygens (including phenoxy) is 1. The third kappa shape index (κ3) is 4.08. The molecule has 4 aliphatic rings. The minimum Gasteiger partial charge on any atom is -0.489 e. The number of likely N-dealkylation sites (tertiary alicyclic amines) is 1. The fourth-order valence-electron chi connectivity index (χ4n) is 7.51. The second-order valence-electron chi connectivity index (χ2n) is 11.0. The lowest BCUT2D eigenvalue weighted by Gasteiger charge is -2.43. The lowest BCUT2D eigenvalue weighted by molar-refractivity contribution is -0.385. The molecular formula is C28H22ClN3O8S2. The van der Waals surface area contributed by atoms with Gasteiger partial charge in [-0.15, -0.1) is 11.8 Å². The number of carboxylic acid groups (broad SMARTS) is 1. The molecule has 2 amide bonds. The first-order chi connectivity index (χ1) is 20.1. The second-order valence-corrected chi connectivity index (χ2v) is 13.6. The number of carbonyl (C=O) groups is 3. The number of nitro benzene ring substituents is 1. The van der Waals surface area contributed by atoms with Gasteiger partial charge >= 0.3 is 10.8 Å². The average Bonchev–Trinajstić information content (AvgIpc) is 3.68. The number of fused-ring (bicyclic) bond motifs is 9. The number of non-ortho nitro benzene ring substituents is 1. The summed E-state index contributed by atoms with van der Waals surface area (Å²) >= 11 is 8.84. The van der Waals surface area contributed by atoms with Crippen molar-refractivity contribution in [2.45, 2.75) is 29.2 Å². The largest absolute Gasteiger partial charge is 0.489 e. The zero-order chi connectivity index (χ0) is 29.4. The van der Waals surface area contributed by atoms with Gasteiger partial charge in [-0.2, -0.15) is 0 Å². The number of nitrogens with one attached hydrogen (secondary N) is 1. The number of hydrogen-bond acceptors (Lipinski definition) is 9. The van der Waals surface area contributed by atoms with Crippen LogP contribution in [0.4, 0.5) is 5.69 Å². The Morgan fingerprint density at radius 2 is 1.88 bits per heavy atom. The molecule has 7 unspecified atom stereocenters. The molecule has 11 nitrogen and oxygen atoms in total. The van der Waals surface area contributed by atoms with Gasteiger partial charge in [-0.05, 0) is 36.3 Å². The first kappa shape index (κ1) is 27.2. The van der Waals surface area contributed by atoms with Gasteiger partial charge in [0.2, 0.25) is 11.8 Å². The van der Waals surface area contributed by atoms with E-state index in [1.54, 1.807) is 18.2 Å². The third-order valence-corrected chi connectivity index (χ3v) is 11.9. The van der Waals surface area contributed by atoms with Crippen LogP contribution in [-0.2, 0) is 21.0 Å². The number of nitro groups is 1. The Labute approximate surface area is 251 Å². The maximum Gasteiger partial charge on any atom is 0.323 e. The summed E-state index contributed by atoms with van der Waals surface area (Å²) in [5.41, 5.74) is 1.10. The predicted octanol–water partition coefficient (Wildman–Crippen LogP) is 4.13. The third-order valence-electron chi connectivity index (χ3n) is 8.99. The highest BCUT2D eigenvalue weighted by Crippen LogP contribution is 2.69. The molecule has 2 N–H and O–H groups in total. The van der Waals surface area contributed by atoms with Gasteiger partial charge in [0.25, 0.3) is 5.69 Å². The standard InChI is InChI=1S/C28H22ClN3O8S2/c29-16-4-2-1-3-11(16)10-40-17-6-5-12(32(38)39)7-13(17)19-20-14-8-15(23(20)41-25-24(19)42-28(37)30-25)22-21(14)26(35)31(27(22)36)9-18(33)34/h1-7,14-15,19-23H,8-10H2,(H,30,37)(H,33,34). The molecule has 3 heterocycles. The van der Waals surface area contributed by atoms with Crippen molar-refractivity contribution in [1.29, 1.82) is 0 Å². The van der Waals surface area contributed by atoms with Crippen molar-refractivity contribution in [3.63, 3.8) is 0 Å². The molecule has 2 saturated carbocycles. The fourth-order valence-corrected chi connectivity index (χ4v) is 10.6. The van der Waals surface area contributed by atoms with Crippen LogP contribution in [0.2, 0.25) is 5.02 Å². The summed E-state index contributed by atoms with van der Waals surface area (Å²) in [5.74, 6) is -4.36. The van der Waals surface area contributed by atoms with Gasteiger partial charge in [-0.3, -0.25) is 34.2 Å². The Kier molecular flexibility index (Phi) is 6.44. The number of amides is 2. The number of carboxylic acids is 1. The molecule has 3 fully saturated rings. The van der Waals surface area contributed by atoms with Crippen molar-refractivity contribution in [2.75, 3.05) is 6.54 Å². The van der Waals surface area contributed by atoms with Crippen LogP contribution in [-0.4, -0.2) is 49.5 Å². The van der Waals surface area contributed by atoms with Crippen LogP contribution in [0.5, 0.6) is 5.75 Å². The van der Waals surface area contributed by atoms with E-state index in [9.17, 15) is 34.4 Å². The summed E-state index contributed by atoms with van der Waals surface area (Å²) in [5, 5.41) is 22.2. The summed E-state index contributed by atoms with van der Waals surface area (Å²) < 4.78 is 6.24. The molecule has 7 atom stereocenters. The number of hydrogen-bond donors (Lipinski definition) is 2. The molecule has 216 valence electrons. The van der Waals surface area contributed by atoms with Crippen LogP contribution in [0.1, 0.15) is 28.3 Å². The van der Waals surface area contributed by atoms with Crippen LogP contribution < -0.4 is 9.61 Å². The Balaban J connectivity index is 1.33. The minimum atomic E-state index is -1.26. The quantitative estimate of drug-likeness (QED) is 0.223. The molecular weight excluding hydrogens is 606 g/mol. The van der Waals surface area contributed by atoms with E-state index in [2.05, 4.69) is 4.98 Å². The zero-order valence-corrected chi connectivity index (χ0v) is 24.0. The highest BCUT2D eigenvalue weighted by molar-refractivity contribution is 8.00. The number of thiazole rings is 1. The lowest BCUT2D eigenvalue weighted by Crippen LogP contribution is -2.42. The van der Waals surface area contributed by atoms with Crippen molar-refractivity contribution in [3.8, 4) is 5.75 Å². The van der Waals surface area contributed by atoms with Gasteiger partial charge in [0.05, 0.1) is 21.8 Å². The highest BCUT2D eigenvalue weighted by Gasteiger charge is 2.69. The smallest absolute Gasteiger partial charge is 0.323 e. The Morgan fingerprint density at radius 3 is 2.60 bits per heavy atom. The number of benzene rings is 2. The summed E-state index contributed by atoms with van der Waals surface area (Å²) in [6, 6.07) is 11.6. The number of halogens is 1. The van der Waals surface area contributed by atoms with E-state index in [-0.39, 0.29) is 40.2 Å². The summed E-state index contributed by atoms with van der Waals surface area (Å²) in [6.45, 7) is -0.578. The van der Waals surface area contributed by atoms with Crippen molar-refractivity contribution in [2.24, 2.45) is 29.6 Å². The zero-order valence-electron chi connectivity index (χ0n) is 21.6. The molecule has 0 spiro atoms. The first-order valence-electron chi connectivity index (χ1n) is 13.2. The van der Waals surface area contributed by atoms with E-state index in [0.717, 1.165) is 21.8 Å². The van der Waals surface area contributed by atoms with Crippen LogP contribution in [0.15, 0.2) is 52.3 Å². The molecule has 1 aromatic heterocycles. The van der Waals surface area contributed by atoms with Crippen molar-refractivity contribution in [1.82, 2.24) is 9.88 Å². The van der Waals surface area contributed by atoms with E-state index in [1.165, 1.54) is 23.9 Å². The monoisotopic (exact) mass is 627 g/mol. The van der Waals surface area contributed by atoms with Crippen molar-refractivity contribution >= 4 is 58.2 Å². The molecule has 2 aliphatic heterocycles. The Morgan fingerprint density at radius 1 is 1.14 bits per heavy atom. The molecule has 1 saturated heterocycles. The maximum atomic E-state index is 13.4. The van der Waals surface area contributed by atoms with Gasteiger partial charge in [0, 0.05) is 44.3 Å². The molecule has 2 bridgehead atoms. The molecule has 3 aromatic rings. The molecule has 2 aliphatic carbocycles. The minimum absolute atomic E-state index is 0.101. The van der Waals surface area contributed by atoms with E-state index in [1.807, 2.05) is 12.1 Å². The van der Waals surface area contributed by atoms with E-state index in [0.29, 0.717) is 32.7 Å². The van der Waals surface area contributed by atoms with Crippen LogP contribution in [0, 0.1) is 39.7 Å². The number of imide groups is 1. The molecule has 42 heavy (non-hydrogen) atoms. The fraction of sp³-hybridized carbons (Fsp3) is 0.357. The normalized spacial score (nSPS) is 28.9. The number of nitrogens with zero attached hydrogens (tertiary/aromatic N) is 2. The SMILES string of the molecule is O=C(O)CN1C(=O)C2C3CC(C2C1=O)C1C(c2cc([N+](=O)[O-])ccc2OCc2ccccc2Cl)c2sc(=O)[nH]c2SC31. The van der Waals surface area contributed by atoms with Crippen LogP contribution in [0.3, 0.4) is 0 Å². The predicted molar refractivity (Wildman–Crippen MR) is 152 cm³/mol. The van der Waals surface area contributed by atoms with Crippen LogP contribution in [0.25, 0.3) is 0 Å². The van der Waals surface area contributed by atoms with Crippen molar-refractivity contribution < 1.29 is 29.2 Å². The van der Waals surface area contributed by atoms with Gasteiger partial charge in [-0.1, -0.05) is 41.1 Å². The maximum absolute atomic E-state index is 13.4.